The zero-order valence-electron chi connectivity index (χ0n) is 11.2. The van der Waals surface area contributed by atoms with E-state index >= 15 is 0 Å². The van der Waals surface area contributed by atoms with Gasteiger partial charge in [0.2, 0.25) is 0 Å². The highest BCUT2D eigenvalue weighted by molar-refractivity contribution is 9.10. The van der Waals surface area contributed by atoms with Crippen molar-refractivity contribution in [2.75, 3.05) is 26.7 Å². The van der Waals surface area contributed by atoms with Crippen LogP contribution in [-0.4, -0.2) is 41.7 Å². The summed E-state index contributed by atoms with van der Waals surface area (Å²) < 4.78 is 11.5. The maximum absolute atomic E-state index is 5.52. The molecule has 2 aromatic rings. The van der Waals surface area contributed by atoms with E-state index in [-0.39, 0.29) is 18.4 Å². The molecule has 6 nitrogen and oxygen atoms in total. The lowest BCUT2D eigenvalue weighted by atomic mass is 10.2. The largest absolute Gasteiger partial charge is 0.444 e. The third-order valence-corrected chi connectivity index (χ3v) is 3.72. The minimum Gasteiger partial charge on any atom is -0.444 e. The van der Waals surface area contributed by atoms with Gasteiger partial charge in [0.1, 0.15) is 0 Å². The number of rotatable bonds is 2. The molecule has 8 heteroatoms. The molecule has 3 rings (SSSR count). The average Bonchev–Trinajstić information content (AvgIpc) is 2.96. The summed E-state index contributed by atoms with van der Waals surface area (Å²) >= 11 is 3.30. The predicted molar refractivity (Wildman–Crippen MR) is 79.9 cm³/mol. The Morgan fingerprint density at radius 2 is 2.30 bits per heavy atom. The van der Waals surface area contributed by atoms with Gasteiger partial charge >= 0.3 is 0 Å². The van der Waals surface area contributed by atoms with E-state index in [1.165, 1.54) is 0 Å². The highest BCUT2D eigenvalue weighted by atomic mass is 79.9. The van der Waals surface area contributed by atoms with Crippen molar-refractivity contribution in [3.05, 3.63) is 22.1 Å². The summed E-state index contributed by atoms with van der Waals surface area (Å²) in [5.74, 6) is 1.74. The van der Waals surface area contributed by atoms with Crippen molar-refractivity contribution in [2.24, 2.45) is 0 Å². The third-order valence-electron chi connectivity index (χ3n) is 3.33. The molecule has 1 unspecified atom stereocenters. The lowest BCUT2D eigenvalue weighted by Crippen LogP contribution is -2.44. The van der Waals surface area contributed by atoms with Crippen molar-refractivity contribution in [3.8, 4) is 11.7 Å². The number of aromatic nitrogens is 2. The first-order chi connectivity index (χ1) is 9.15. The van der Waals surface area contributed by atoms with Crippen molar-refractivity contribution in [1.29, 1.82) is 0 Å². The standard InChI is InChI=1S/C12H15BrN4O2.ClH/c1-7-5-9(13)18-10(7)12-15-11(16-19-12)8-6-14-3-4-17(8)2;/h5,8,14H,3-4,6H2,1-2H3;1H. The van der Waals surface area contributed by atoms with Gasteiger partial charge < -0.3 is 14.3 Å². The second-order valence-electron chi connectivity index (χ2n) is 4.72. The van der Waals surface area contributed by atoms with E-state index in [0.717, 1.165) is 25.2 Å². The first-order valence-corrected chi connectivity index (χ1v) is 6.95. The van der Waals surface area contributed by atoms with Crippen LogP contribution in [0.25, 0.3) is 11.7 Å². The van der Waals surface area contributed by atoms with Gasteiger partial charge in [-0.05, 0) is 36.0 Å². The maximum atomic E-state index is 5.52. The number of hydrogen-bond acceptors (Lipinski definition) is 6. The summed E-state index contributed by atoms with van der Waals surface area (Å²) in [6.45, 7) is 4.74. The second kappa shape index (κ2) is 6.26. The summed E-state index contributed by atoms with van der Waals surface area (Å²) in [5, 5.41) is 7.41. The molecular weight excluding hydrogens is 348 g/mol. The number of aryl methyl sites for hydroxylation is 1. The molecule has 0 saturated carbocycles. The Morgan fingerprint density at radius 3 is 2.95 bits per heavy atom. The maximum Gasteiger partial charge on any atom is 0.294 e. The molecule has 1 N–H and O–H groups in total. The zero-order chi connectivity index (χ0) is 13.4. The van der Waals surface area contributed by atoms with Crippen molar-refractivity contribution >= 4 is 28.3 Å². The predicted octanol–water partition coefficient (Wildman–Crippen LogP) is 2.40. The van der Waals surface area contributed by atoms with Crippen molar-refractivity contribution in [3.63, 3.8) is 0 Å². The molecule has 1 atom stereocenters. The van der Waals surface area contributed by atoms with Gasteiger partial charge in [-0.25, -0.2) is 0 Å². The third kappa shape index (κ3) is 2.90. The van der Waals surface area contributed by atoms with E-state index in [1.807, 2.05) is 13.0 Å². The quantitative estimate of drug-likeness (QED) is 0.884. The number of halogens is 2. The zero-order valence-corrected chi connectivity index (χ0v) is 13.6. The molecule has 0 amide bonds. The fourth-order valence-corrected chi connectivity index (χ4v) is 2.72. The van der Waals surface area contributed by atoms with Crippen molar-refractivity contribution in [2.45, 2.75) is 13.0 Å². The number of nitrogens with one attached hydrogen (secondary N) is 1. The highest BCUT2D eigenvalue weighted by Gasteiger charge is 2.26. The first-order valence-electron chi connectivity index (χ1n) is 6.16. The van der Waals surface area contributed by atoms with Gasteiger partial charge in [-0.3, -0.25) is 4.90 Å². The van der Waals surface area contributed by atoms with E-state index in [4.69, 9.17) is 8.94 Å². The molecular formula is C12H16BrClN4O2. The molecule has 1 aliphatic rings. The van der Waals surface area contributed by atoms with E-state index in [1.54, 1.807) is 0 Å². The fourth-order valence-electron chi connectivity index (χ4n) is 2.21. The Morgan fingerprint density at radius 1 is 1.50 bits per heavy atom. The summed E-state index contributed by atoms with van der Waals surface area (Å²) in [5.41, 5.74) is 0.970. The minimum atomic E-state index is 0. The van der Waals surface area contributed by atoms with E-state index in [9.17, 15) is 0 Å². The monoisotopic (exact) mass is 362 g/mol. The van der Waals surface area contributed by atoms with Gasteiger partial charge in [0.05, 0.1) is 6.04 Å². The molecule has 0 bridgehead atoms. The number of hydrogen-bond donors (Lipinski definition) is 1. The van der Waals surface area contributed by atoms with E-state index in [2.05, 4.69) is 43.3 Å². The molecule has 20 heavy (non-hydrogen) atoms. The number of nitrogens with zero attached hydrogens (tertiary/aromatic N) is 3. The van der Waals surface area contributed by atoms with Crippen LogP contribution in [0, 0.1) is 6.92 Å². The first kappa shape index (κ1) is 15.5. The summed E-state index contributed by atoms with van der Waals surface area (Å²) in [4.78, 5) is 6.67. The summed E-state index contributed by atoms with van der Waals surface area (Å²) in [6, 6.07) is 2.03. The van der Waals surface area contributed by atoms with Crippen LogP contribution in [-0.2, 0) is 0 Å². The van der Waals surface area contributed by atoms with Gasteiger partial charge in [0, 0.05) is 25.2 Å². The van der Waals surface area contributed by atoms with Crippen LogP contribution in [0.15, 0.2) is 19.7 Å². The second-order valence-corrected chi connectivity index (χ2v) is 5.50. The molecule has 110 valence electrons. The molecule has 1 saturated heterocycles. The normalized spacial score (nSPS) is 19.9. The van der Waals surface area contributed by atoms with E-state index < -0.39 is 0 Å². The smallest absolute Gasteiger partial charge is 0.294 e. The van der Waals surface area contributed by atoms with Gasteiger partial charge in [-0.15, -0.1) is 12.4 Å². The molecule has 0 aromatic carbocycles. The van der Waals surface area contributed by atoms with Gasteiger partial charge in [-0.2, -0.15) is 4.98 Å². The highest BCUT2D eigenvalue weighted by Crippen LogP contribution is 2.29. The molecule has 0 spiro atoms. The number of likely N-dealkylation sites (N-methyl/N-ethyl adjacent to an activating group) is 1. The number of furan rings is 1. The lowest BCUT2D eigenvalue weighted by Gasteiger charge is -2.30. The fraction of sp³-hybridized carbons (Fsp3) is 0.500. The summed E-state index contributed by atoms with van der Waals surface area (Å²) in [7, 11) is 2.07. The Kier molecular flexibility index (Phi) is 4.85. The molecule has 1 fully saturated rings. The average molecular weight is 364 g/mol. The van der Waals surface area contributed by atoms with Crippen LogP contribution in [0.3, 0.4) is 0 Å². The van der Waals surface area contributed by atoms with Crippen LogP contribution in [0.4, 0.5) is 0 Å². The van der Waals surface area contributed by atoms with Gasteiger partial charge in [-0.1, -0.05) is 5.16 Å². The molecule has 2 aromatic heterocycles. The van der Waals surface area contributed by atoms with Crippen LogP contribution >= 0.6 is 28.3 Å². The van der Waals surface area contributed by atoms with Crippen LogP contribution < -0.4 is 5.32 Å². The van der Waals surface area contributed by atoms with Gasteiger partial charge in [0.25, 0.3) is 5.89 Å². The topological polar surface area (TPSA) is 67.3 Å². The molecule has 3 heterocycles. The Bertz CT molecular complexity index is 586. The lowest BCUT2D eigenvalue weighted by molar-refractivity contribution is 0.190. The Hall–Kier alpha value is -0.890. The molecule has 1 aliphatic heterocycles. The van der Waals surface area contributed by atoms with Crippen LogP contribution in [0.2, 0.25) is 0 Å². The SMILES string of the molecule is Cc1cc(Br)oc1-c1nc(C2CNCCN2C)no1.Cl. The van der Waals surface area contributed by atoms with E-state index in [0.29, 0.717) is 22.1 Å². The minimum absolute atomic E-state index is 0. The Labute approximate surface area is 131 Å². The van der Waals surface area contributed by atoms with Crippen LogP contribution in [0.1, 0.15) is 17.4 Å². The van der Waals surface area contributed by atoms with Crippen molar-refractivity contribution in [1.82, 2.24) is 20.4 Å². The molecule has 0 radical (unpaired) electrons. The van der Waals surface area contributed by atoms with Gasteiger partial charge in [0.15, 0.2) is 16.3 Å². The number of piperazine rings is 1. The summed E-state index contributed by atoms with van der Waals surface area (Å²) in [6.07, 6.45) is 0. The molecule has 0 aliphatic carbocycles. The Balaban J connectivity index is 0.00000147. The van der Waals surface area contributed by atoms with Crippen molar-refractivity contribution < 1.29 is 8.94 Å². The van der Waals surface area contributed by atoms with Crippen LogP contribution in [0.5, 0.6) is 0 Å².